The van der Waals surface area contributed by atoms with Gasteiger partial charge in [-0.2, -0.15) is 0 Å². The van der Waals surface area contributed by atoms with E-state index < -0.39 is 5.60 Å². The van der Waals surface area contributed by atoms with Gasteiger partial charge in [-0.05, 0) is 25.7 Å². The third kappa shape index (κ3) is 2.78. The first-order valence-corrected chi connectivity index (χ1v) is 7.23. The number of morpholine rings is 1. The summed E-state index contributed by atoms with van der Waals surface area (Å²) in [5.74, 6) is 0.354. The molecule has 5 nitrogen and oxygen atoms in total. The summed E-state index contributed by atoms with van der Waals surface area (Å²) >= 11 is 0. The molecule has 3 fully saturated rings. The molecule has 0 radical (unpaired) electrons. The minimum atomic E-state index is -0.839. The van der Waals surface area contributed by atoms with Crippen LogP contribution in [0, 0.1) is 5.92 Å². The fourth-order valence-electron chi connectivity index (χ4n) is 3.15. The number of rotatable bonds is 3. The maximum Gasteiger partial charge on any atom is 0.225 e. The van der Waals surface area contributed by atoms with Gasteiger partial charge in [0.2, 0.25) is 5.91 Å². The zero-order valence-corrected chi connectivity index (χ0v) is 11.6. The van der Waals surface area contributed by atoms with E-state index in [1.54, 1.807) is 6.92 Å². The van der Waals surface area contributed by atoms with E-state index in [0.29, 0.717) is 38.8 Å². The lowest BCUT2D eigenvalue weighted by atomic mass is 9.94. The Kier molecular flexibility index (Phi) is 3.31. The van der Waals surface area contributed by atoms with Gasteiger partial charge < -0.3 is 19.5 Å². The number of carbonyl (C=O) groups excluding carboxylic acids is 1. The van der Waals surface area contributed by atoms with Crippen LogP contribution in [0.4, 0.5) is 0 Å². The zero-order chi connectivity index (χ0) is 13.5. The molecule has 1 aliphatic carbocycles. The topological polar surface area (TPSA) is 59.0 Å². The molecule has 2 aliphatic heterocycles. The van der Waals surface area contributed by atoms with Crippen LogP contribution in [-0.4, -0.2) is 60.0 Å². The standard InChI is InChI=1S/C14H23NO4/c1-13(17,11-2-3-11)8-12(16)15-5-7-19-14(9-15)4-6-18-10-14/h11,17H,2-10H2,1H3/t13-,14+/m0/s1. The second kappa shape index (κ2) is 4.72. The van der Waals surface area contributed by atoms with E-state index >= 15 is 0 Å². The molecule has 3 rings (SSSR count). The van der Waals surface area contributed by atoms with Crippen molar-refractivity contribution in [1.29, 1.82) is 0 Å². The molecule has 2 heterocycles. The fourth-order valence-corrected chi connectivity index (χ4v) is 3.15. The predicted molar refractivity (Wildman–Crippen MR) is 68.7 cm³/mol. The van der Waals surface area contributed by atoms with Crippen molar-refractivity contribution in [2.24, 2.45) is 5.92 Å². The maximum absolute atomic E-state index is 12.4. The van der Waals surface area contributed by atoms with Crippen molar-refractivity contribution >= 4 is 5.91 Å². The molecule has 1 amide bonds. The molecule has 0 aromatic carbocycles. The molecule has 2 saturated heterocycles. The number of aliphatic hydroxyl groups is 1. The van der Waals surface area contributed by atoms with Crippen LogP contribution in [0.5, 0.6) is 0 Å². The Balaban J connectivity index is 1.60. The lowest BCUT2D eigenvalue weighted by Crippen LogP contribution is -2.55. The second-order valence-electron chi connectivity index (χ2n) is 6.46. The van der Waals surface area contributed by atoms with Gasteiger partial charge in [0.1, 0.15) is 5.60 Å². The van der Waals surface area contributed by atoms with Crippen LogP contribution >= 0.6 is 0 Å². The first kappa shape index (κ1) is 13.3. The van der Waals surface area contributed by atoms with Gasteiger partial charge in [-0.25, -0.2) is 0 Å². The number of amides is 1. The molecule has 1 saturated carbocycles. The average Bonchev–Trinajstić information content (AvgIpc) is 3.14. The third-order valence-corrected chi connectivity index (χ3v) is 4.63. The van der Waals surface area contributed by atoms with E-state index in [0.717, 1.165) is 19.3 Å². The first-order chi connectivity index (χ1) is 9.01. The number of hydrogen-bond acceptors (Lipinski definition) is 4. The molecule has 108 valence electrons. The Morgan fingerprint density at radius 1 is 1.47 bits per heavy atom. The van der Waals surface area contributed by atoms with Gasteiger partial charge in [-0.15, -0.1) is 0 Å². The predicted octanol–water partition coefficient (Wildman–Crippen LogP) is 0.555. The molecule has 5 heteroatoms. The number of nitrogens with zero attached hydrogens (tertiary/aromatic N) is 1. The van der Waals surface area contributed by atoms with Crippen LogP contribution in [0.3, 0.4) is 0 Å². The van der Waals surface area contributed by atoms with Crippen molar-refractivity contribution in [3.8, 4) is 0 Å². The highest BCUT2D eigenvalue weighted by atomic mass is 16.6. The van der Waals surface area contributed by atoms with Crippen molar-refractivity contribution in [1.82, 2.24) is 4.90 Å². The smallest absolute Gasteiger partial charge is 0.225 e. The molecule has 0 unspecified atom stereocenters. The van der Waals surface area contributed by atoms with Gasteiger partial charge in [0.05, 0.1) is 31.8 Å². The quantitative estimate of drug-likeness (QED) is 0.813. The van der Waals surface area contributed by atoms with Crippen molar-refractivity contribution in [2.45, 2.75) is 43.8 Å². The van der Waals surface area contributed by atoms with Gasteiger partial charge in [-0.3, -0.25) is 4.79 Å². The van der Waals surface area contributed by atoms with Crippen LogP contribution in [-0.2, 0) is 14.3 Å². The zero-order valence-electron chi connectivity index (χ0n) is 11.6. The van der Waals surface area contributed by atoms with Crippen LogP contribution in [0.25, 0.3) is 0 Å². The fraction of sp³-hybridized carbons (Fsp3) is 0.929. The van der Waals surface area contributed by atoms with E-state index in [1.165, 1.54) is 0 Å². The molecule has 3 aliphatic rings. The SMILES string of the molecule is C[C@](O)(CC(=O)N1CCO[C@]2(CCOC2)C1)C1CC1. The van der Waals surface area contributed by atoms with Crippen molar-refractivity contribution < 1.29 is 19.4 Å². The summed E-state index contributed by atoms with van der Waals surface area (Å²) in [6, 6.07) is 0. The lowest BCUT2D eigenvalue weighted by molar-refractivity contribution is -0.155. The van der Waals surface area contributed by atoms with E-state index in [4.69, 9.17) is 9.47 Å². The number of ether oxygens (including phenoxy) is 2. The Bertz CT molecular complexity index is 358. The van der Waals surface area contributed by atoms with E-state index in [9.17, 15) is 9.90 Å². The monoisotopic (exact) mass is 269 g/mol. The Hall–Kier alpha value is -0.650. The largest absolute Gasteiger partial charge is 0.389 e. The van der Waals surface area contributed by atoms with Crippen molar-refractivity contribution in [3.05, 3.63) is 0 Å². The highest BCUT2D eigenvalue weighted by Gasteiger charge is 2.45. The van der Waals surface area contributed by atoms with Gasteiger partial charge in [0.15, 0.2) is 0 Å². The molecule has 2 atom stereocenters. The van der Waals surface area contributed by atoms with Gasteiger partial charge >= 0.3 is 0 Å². The van der Waals surface area contributed by atoms with Gasteiger partial charge in [-0.1, -0.05) is 0 Å². The summed E-state index contributed by atoms with van der Waals surface area (Å²) in [5, 5.41) is 10.3. The summed E-state index contributed by atoms with van der Waals surface area (Å²) in [6.45, 7) is 4.88. The maximum atomic E-state index is 12.4. The van der Waals surface area contributed by atoms with Crippen LogP contribution < -0.4 is 0 Å². The molecule has 1 spiro atoms. The highest BCUT2D eigenvalue weighted by Crippen LogP contribution is 2.41. The highest BCUT2D eigenvalue weighted by molar-refractivity contribution is 5.77. The summed E-state index contributed by atoms with van der Waals surface area (Å²) in [5.41, 5.74) is -1.13. The van der Waals surface area contributed by atoms with E-state index in [2.05, 4.69) is 0 Å². The molecule has 0 aromatic heterocycles. The average molecular weight is 269 g/mol. The minimum absolute atomic E-state index is 0.0477. The lowest BCUT2D eigenvalue weighted by Gasteiger charge is -2.40. The van der Waals surface area contributed by atoms with Crippen LogP contribution in [0.1, 0.15) is 32.6 Å². The molecule has 0 aromatic rings. The molecule has 0 bridgehead atoms. The normalized spacial score (nSPS) is 34.5. The van der Waals surface area contributed by atoms with Crippen molar-refractivity contribution in [2.75, 3.05) is 32.9 Å². The third-order valence-electron chi connectivity index (χ3n) is 4.63. The van der Waals surface area contributed by atoms with E-state index in [1.807, 2.05) is 4.90 Å². The number of hydrogen-bond donors (Lipinski definition) is 1. The summed E-state index contributed by atoms with van der Waals surface area (Å²) < 4.78 is 11.2. The van der Waals surface area contributed by atoms with Crippen molar-refractivity contribution in [3.63, 3.8) is 0 Å². The van der Waals surface area contributed by atoms with Crippen LogP contribution in [0.2, 0.25) is 0 Å². The summed E-state index contributed by atoms with van der Waals surface area (Å²) in [4.78, 5) is 14.2. The van der Waals surface area contributed by atoms with Gasteiger partial charge in [0.25, 0.3) is 0 Å². The Labute approximate surface area is 113 Å². The van der Waals surface area contributed by atoms with Crippen LogP contribution in [0.15, 0.2) is 0 Å². The summed E-state index contributed by atoms with van der Waals surface area (Å²) in [6.07, 6.45) is 3.17. The minimum Gasteiger partial charge on any atom is -0.389 e. The molecule has 19 heavy (non-hydrogen) atoms. The molecular formula is C14H23NO4. The van der Waals surface area contributed by atoms with E-state index in [-0.39, 0.29) is 17.9 Å². The summed E-state index contributed by atoms with van der Waals surface area (Å²) in [7, 11) is 0. The molecule has 1 N–H and O–H groups in total. The number of carbonyl (C=O) groups is 1. The first-order valence-electron chi connectivity index (χ1n) is 7.23. The van der Waals surface area contributed by atoms with Gasteiger partial charge in [0, 0.05) is 19.6 Å². The Morgan fingerprint density at radius 3 is 2.89 bits per heavy atom. The Morgan fingerprint density at radius 2 is 2.26 bits per heavy atom. The second-order valence-corrected chi connectivity index (χ2v) is 6.46. The molecular weight excluding hydrogens is 246 g/mol.